The Morgan fingerprint density at radius 2 is 1.63 bits per heavy atom. The Kier molecular flexibility index (Phi) is 5.78. The number of halogens is 2. The number of hydrogen-bond donors (Lipinski definition) is 1. The van der Waals surface area contributed by atoms with Gasteiger partial charge in [-0.25, -0.2) is 4.68 Å². The van der Waals surface area contributed by atoms with Gasteiger partial charge in [0, 0.05) is 15.6 Å². The molecule has 27 heavy (non-hydrogen) atoms. The van der Waals surface area contributed by atoms with Gasteiger partial charge in [0.05, 0.1) is 18.5 Å². The zero-order valence-electron chi connectivity index (χ0n) is 14.3. The summed E-state index contributed by atoms with van der Waals surface area (Å²) >= 11 is 11.9. The number of nitrogens with zero attached hydrogens (tertiary/aromatic N) is 2. The first-order valence-electron chi connectivity index (χ1n) is 7.95. The number of carbonyl (C=O) groups excluding carboxylic acids is 2. The van der Waals surface area contributed by atoms with E-state index in [9.17, 15) is 9.59 Å². The molecule has 0 bridgehead atoms. The van der Waals surface area contributed by atoms with E-state index in [2.05, 4.69) is 15.2 Å². The number of nitrogens with one attached hydrogen (secondary N) is 1. The maximum Gasteiger partial charge on any atom is 0.325 e. The maximum absolute atomic E-state index is 12.4. The molecule has 0 aliphatic rings. The second-order valence-electron chi connectivity index (χ2n) is 5.57. The summed E-state index contributed by atoms with van der Waals surface area (Å²) in [5.74, 6) is -1.03. The molecule has 138 valence electrons. The van der Waals surface area contributed by atoms with Crippen molar-refractivity contribution in [3.05, 3.63) is 70.3 Å². The molecular weight excluding hydrogens is 389 g/mol. The molecule has 0 fully saturated rings. The molecule has 0 atom stereocenters. The fraction of sp³-hybridized carbons (Fsp3) is 0.105. The molecule has 0 unspecified atom stereocenters. The molecule has 6 nitrogen and oxygen atoms in total. The quantitative estimate of drug-likeness (QED) is 0.658. The van der Waals surface area contributed by atoms with E-state index in [4.69, 9.17) is 23.2 Å². The third-order valence-corrected chi connectivity index (χ3v) is 4.28. The normalized spacial score (nSPS) is 10.5. The van der Waals surface area contributed by atoms with Crippen molar-refractivity contribution in [3.8, 4) is 16.9 Å². The number of amides is 1. The fourth-order valence-electron chi connectivity index (χ4n) is 2.41. The van der Waals surface area contributed by atoms with Crippen LogP contribution in [0.15, 0.2) is 54.6 Å². The highest BCUT2D eigenvalue weighted by Gasteiger charge is 2.17. The van der Waals surface area contributed by atoms with Crippen molar-refractivity contribution in [2.45, 2.75) is 0 Å². The van der Waals surface area contributed by atoms with E-state index in [0.717, 1.165) is 11.3 Å². The van der Waals surface area contributed by atoms with Crippen molar-refractivity contribution >= 4 is 35.1 Å². The molecule has 0 saturated heterocycles. The van der Waals surface area contributed by atoms with Crippen LogP contribution in [-0.2, 0) is 9.53 Å². The molecule has 2 aromatic carbocycles. The average molecular weight is 404 g/mol. The molecule has 0 saturated carbocycles. The molecule has 0 radical (unpaired) electrons. The lowest BCUT2D eigenvalue weighted by Gasteiger charge is -2.08. The van der Waals surface area contributed by atoms with Gasteiger partial charge in [-0.05, 0) is 42.5 Å². The largest absolute Gasteiger partial charge is 0.468 e. The highest BCUT2D eigenvalue weighted by molar-refractivity contribution is 6.30. The number of carbonyl (C=O) groups is 2. The molecule has 1 aromatic heterocycles. The molecule has 0 aliphatic carbocycles. The van der Waals surface area contributed by atoms with E-state index in [1.807, 2.05) is 12.1 Å². The Bertz CT molecular complexity index is 904. The molecule has 0 aliphatic heterocycles. The van der Waals surface area contributed by atoms with Crippen LogP contribution in [0.5, 0.6) is 0 Å². The molecule has 1 N–H and O–H groups in total. The molecule has 0 spiro atoms. The highest BCUT2D eigenvalue weighted by atomic mass is 35.5. The lowest BCUT2D eigenvalue weighted by atomic mass is 10.1. The third kappa shape index (κ3) is 4.48. The number of esters is 1. The predicted octanol–water partition coefficient (Wildman–Crippen LogP) is 3.75. The van der Waals surface area contributed by atoms with Crippen LogP contribution >= 0.6 is 23.2 Å². The van der Waals surface area contributed by atoms with Gasteiger partial charge in [-0.15, -0.1) is 0 Å². The molecule has 3 aromatic rings. The Morgan fingerprint density at radius 3 is 2.22 bits per heavy atom. The Morgan fingerprint density at radius 1 is 1.04 bits per heavy atom. The van der Waals surface area contributed by atoms with Crippen molar-refractivity contribution in [2.24, 2.45) is 0 Å². The minimum Gasteiger partial charge on any atom is -0.468 e. The summed E-state index contributed by atoms with van der Waals surface area (Å²) < 4.78 is 6.15. The Balaban J connectivity index is 2.00. The van der Waals surface area contributed by atoms with Crippen LogP contribution in [-0.4, -0.2) is 35.3 Å². The molecule has 3 rings (SSSR count). The zero-order chi connectivity index (χ0) is 19.4. The van der Waals surface area contributed by atoms with Crippen molar-refractivity contribution in [3.63, 3.8) is 0 Å². The highest BCUT2D eigenvalue weighted by Crippen LogP contribution is 2.26. The first kappa shape index (κ1) is 18.9. The molecule has 1 amide bonds. The van der Waals surface area contributed by atoms with Gasteiger partial charge in [0.25, 0.3) is 5.91 Å². The van der Waals surface area contributed by atoms with E-state index < -0.39 is 11.9 Å². The van der Waals surface area contributed by atoms with Crippen LogP contribution in [0.3, 0.4) is 0 Å². The SMILES string of the molecule is COC(=O)CNC(=O)c1cc(-c2ccc(Cl)cc2)n(-c2ccc(Cl)cc2)n1. The van der Waals surface area contributed by atoms with Gasteiger partial charge < -0.3 is 10.1 Å². The Labute approximate surface area is 165 Å². The van der Waals surface area contributed by atoms with Crippen LogP contribution in [0.2, 0.25) is 10.0 Å². The lowest BCUT2D eigenvalue weighted by Crippen LogP contribution is -2.30. The van der Waals surface area contributed by atoms with Crippen molar-refractivity contribution in [1.82, 2.24) is 15.1 Å². The number of rotatable bonds is 5. The third-order valence-electron chi connectivity index (χ3n) is 3.77. The van der Waals surface area contributed by atoms with E-state index >= 15 is 0 Å². The van der Waals surface area contributed by atoms with Crippen molar-refractivity contribution in [2.75, 3.05) is 13.7 Å². The first-order valence-corrected chi connectivity index (χ1v) is 8.70. The smallest absolute Gasteiger partial charge is 0.325 e. The van der Waals surface area contributed by atoms with Crippen LogP contribution in [0.25, 0.3) is 16.9 Å². The second kappa shape index (κ2) is 8.24. The molecular formula is C19H15Cl2N3O3. The number of ether oxygens (including phenoxy) is 1. The number of methoxy groups -OCH3 is 1. The van der Waals surface area contributed by atoms with Gasteiger partial charge in [-0.2, -0.15) is 5.10 Å². The van der Waals surface area contributed by atoms with Crippen LogP contribution in [0.4, 0.5) is 0 Å². The fourth-order valence-corrected chi connectivity index (χ4v) is 2.66. The minimum atomic E-state index is -0.543. The van der Waals surface area contributed by atoms with Crippen LogP contribution < -0.4 is 5.32 Å². The van der Waals surface area contributed by atoms with Gasteiger partial charge in [0.1, 0.15) is 6.54 Å². The monoisotopic (exact) mass is 403 g/mol. The molecule has 1 heterocycles. The summed E-state index contributed by atoms with van der Waals surface area (Å²) in [6.07, 6.45) is 0. The minimum absolute atomic E-state index is 0.166. The van der Waals surface area contributed by atoms with E-state index in [1.165, 1.54) is 7.11 Å². The van der Waals surface area contributed by atoms with E-state index in [-0.39, 0.29) is 12.2 Å². The molecule has 8 heteroatoms. The van der Waals surface area contributed by atoms with Crippen LogP contribution in [0, 0.1) is 0 Å². The standard InChI is InChI=1S/C19H15Cl2N3O3/c1-27-18(25)11-22-19(26)16-10-17(12-2-4-13(20)5-3-12)24(23-16)15-8-6-14(21)7-9-15/h2-10H,11H2,1H3,(H,22,26). The van der Waals surface area contributed by atoms with Gasteiger partial charge >= 0.3 is 5.97 Å². The lowest BCUT2D eigenvalue weighted by molar-refractivity contribution is -0.139. The summed E-state index contributed by atoms with van der Waals surface area (Å²) in [4.78, 5) is 23.6. The number of benzene rings is 2. The summed E-state index contributed by atoms with van der Waals surface area (Å²) in [5.41, 5.74) is 2.42. The van der Waals surface area contributed by atoms with Gasteiger partial charge in [-0.1, -0.05) is 35.3 Å². The summed E-state index contributed by atoms with van der Waals surface area (Å²) in [5, 5.41) is 8.07. The van der Waals surface area contributed by atoms with Gasteiger partial charge in [0.15, 0.2) is 5.69 Å². The van der Waals surface area contributed by atoms with Crippen LogP contribution in [0.1, 0.15) is 10.5 Å². The zero-order valence-corrected chi connectivity index (χ0v) is 15.8. The van der Waals surface area contributed by atoms with E-state index in [1.54, 1.807) is 47.1 Å². The maximum atomic E-state index is 12.4. The summed E-state index contributed by atoms with van der Waals surface area (Å²) in [6.45, 7) is -0.237. The summed E-state index contributed by atoms with van der Waals surface area (Å²) in [6, 6.07) is 15.9. The van der Waals surface area contributed by atoms with E-state index in [0.29, 0.717) is 15.7 Å². The van der Waals surface area contributed by atoms with Crippen molar-refractivity contribution in [1.29, 1.82) is 0 Å². The predicted molar refractivity (Wildman–Crippen MR) is 103 cm³/mol. The van der Waals surface area contributed by atoms with Gasteiger partial charge in [0.2, 0.25) is 0 Å². The number of aromatic nitrogens is 2. The second-order valence-corrected chi connectivity index (χ2v) is 6.44. The summed E-state index contributed by atoms with van der Waals surface area (Å²) in [7, 11) is 1.25. The first-order chi connectivity index (χ1) is 13.0. The number of hydrogen-bond acceptors (Lipinski definition) is 4. The van der Waals surface area contributed by atoms with Crippen molar-refractivity contribution < 1.29 is 14.3 Å². The average Bonchev–Trinajstić information content (AvgIpc) is 3.12. The Hall–Kier alpha value is -2.83. The topological polar surface area (TPSA) is 73.2 Å². The van der Waals surface area contributed by atoms with Gasteiger partial charge in [-0.3, -0.25) is 9.59 Å².